The van der Waals surface area contributed by atoms with Crippen LogP contribution in [-0.2, 0) is 14.2 Å². The molecule has 112 valence electrons. The number of hydrogen-bond acceptors (Lipinski definition) is 5. The van der Waals surface area contributed by atoms with Crippen LogP contribution in [0, 0.1) is 5.92 Å². The second-order valence-electron chi connectivity index (χ2n) is 4.93. The lowest BCUT2D eigenvalue weighted by atomic mass is 10.0. The molecule has 9 heteroatoms. The van der Waals surface area contributed by atoms with Crippen LogP contribution in [0.15, 0.2) is 0 Å². The average molecular weight is 295 g/mol. The molecule has 0 spiro atoms. The minimum Gasteiger partial charge on any atom is -0.335 e. The van der Waals surface area contributed by atoms with E-state index < -0.39 is 37.2 Å². The fourth-order valence-corrected chi connectivity index (χ4v) is 2.23. The van der Waals surface area contributed by atoms with E-state index in [-0.39, 0.29) is 12.3 Å². The van der Waals surface area contributed by atoms with Gasteiger partial charge in [0.25, 0.3) is 0 Å². The molecule has 0 radical (unpaired) electrons. The predicted octanol–water partition coefficient (Wildman–Crippen LogP) is -1.10. The van der Waals surface area contributed by atoms with Crippen LogP contribution in [0.4, 0.5) is 0 Å². The molecule has 0 aliphatic carbocycles. The zero-order valence-electron chi connectivity index (χ0n) is 11.2. The van der Waals surface area contributed by atoms with Crippen molar-refractivity contribution in [2.75, 3.05) is 0 Å². The summed E-state index contributed by atoms with van der Waals surface area (Å²) >= 11 is 0. The molecule has 0 heterocycles. The number of nitrogens with two attached hydrogens (primary N) is 2. The zero-order chi connectivity index (χ0) is 15.4. The second-order valence-corrected chi connectivity index (χ2v) is 6.62. The number of nitrogens with one attached hydrogen (secondary N) is 1. The summed E-state index contributed by atoms with van der Waals surface area (Å²) in [7, 11) is -4.84. The van der Waals surface area contributed by atoms with Gasteiger partial charge in [0.1, 0.15) is 0 Å². The van der Waals surface area contributed by atoms with Crippen LogP contribution >= 0.6 is 7.60 Å². The fraction of sp³-hybridized carbons (Fsp3) is 0.800. The quantitative estimate of drug-likeness (QED) is 0.373. The molecule has 0 aromatic carbocycles. The topological polar surface area (TPSA) is 156 Å². The lowest BCUT2D eigenvalue weighted by Crippen LogP contribution is -2.51. The highest BCUT2D eigenvalue weighted by Crippen LogP contribution is 2.40. The molecule has 0 saturated heterocycles. The van der Waals surface area contributed by atoms with E-state index in [1.165, 1.54) is 6.92 Å². The Kier molecular flexibility index (Phi) is 6.82. The van der Waals surface area contributed by atoms with Gasteiger partial charge in [0, 0.05) is 0 Å². The fourth-order valence-electron chi connectivity index (χ4n) is 1.41. The van der Waals surface area contributed by atoms with Crippen LogP contribution in [0.3, 0.4) is 0 Å². The van der Waals surface area contributed by atoms with Gasteiger partial charge in [-0.25, -0.2) is 0 Å². The minimum absolute atomic E-state index is 0.0838. The Morgan fingerprint density at radius 2 is 1.68 bits per heavy atom. The summed E-state index contributed by atoms with van der Waals surface area (Å²) in [5.41, 5.74) is 10.9. The largest absolute Gasteiger partial charge is 0.355 e. The van der Waals surface area contributed by atoms with E-state index in [4.69, 9.17) is 21.3 Å². The van der Waals surface area contributed by atoms with E-state index in [2.05, 4.69) is 0 Å². The molecule has 0 aromatic rings. The van der Waals surface area contributed by atoms with Crippen LogP contribution in [0.25, 0.3) is 0 Å². The first-order valence-corrected chi connectivity index (χ1v) is 7.55. The van der Waals surface area contributed by atoms with Crippen LogP contribution < -0.4 is 16.8 Å². The highest BCUT2D eigenvalue weighted by molar-refractivity contribution is 7.53. The van der Waals surface area contributed by atoms with Gasteiger partial charge in [0.2, 0.25) is 5.91 Å². The number of amides is 1. The third kappa shape index (κ3) is 6.26. The Labute approximate surface area is 112 Å². The van der Waals surface area contributed by atoms with Gasteiger partial charge < -0.3 is 26.6 Å². The summed E-state index contributed by atoms with van der Waals surface area (Å²) in [4.78, 5) is 41.6. The van der Waals surface area contributed by atoms with Crippen molar-refractivity contribution in [2.24, 2.45) is 17.4 Å². The first kappa shape index (κ1) is 18.2. The molecule has 3 atom stereocenters. The van der Waals surface area contributed by atoms with Gasteiger partial charge in [-0.15, -0.1) is 0 Å². The molecule has 7 N–H and O–H groups in total. The predicted molar refractivity (Wildman–Crippen MR) is 70.1 cm³/mol. The van der Waals surface area contributed by atoms with E-state index in [1.807, 2.05) is 19.2 Å². The van der Waals surface area contributed by atoms with E-state index >= 15 is 0 Å². The van der Waals surface area contributed by atoms with Crippen molar-refractivity contribution in [2.45, 2.75) is 45.1 Å². The summed E-state index contributed by atoms with van der Waals surface area (Å²) in [5.74, 6) is -3.57. The first-order valence-electron chi connectivity index (χ1n) is 5.87. The number of carbonyl (C=O) groups excluding carboxylic acids is 2. The van der Waals surface area contributed by atoms with E-state index in [0.717, 1.165) is 0 Å². The minimum atomic E-state index is -4.84. The standard InChI is InChI=1S/C10H22N3O5P/c1-5(2)4-7(12)8(14)10(19(16,17)18)13-9(15)6(3)11/h5-7,10H,4,11-12H2,1-3H3,(H,13,15)(H2,16,17,18)/t6-,7-,10?/m0/s1. The molecule has 8 nitrogen and oxygen atoms in total. The Bertz CT molecular complexity index is 379. The van der Waals surface area contributed by atoms with Gasteiger partial charge in [-0.1, -0.05) is 13.8 Å². The Balaban J connectivity index is 5.02. The number of hydrogen-bond donors (Lipinski definition) is 5. The maximum absolute atomic E-state index is 11.9. The number of Topliss-reactive ketones (excluding diaryl/α,β-unsaturated/α-hetero) is 1. The van der Waals surface area contributed by atoms with Crippen LogP contribution in [0.2, 0.25) is 0 Å². The summed E-state index contributed by atoms with van der Waals surface area (Å²) < 4.78 is 11.3. The van der Waals surface area contributed by atoms with Crippen molar-refractivity contribution in [3.63, 3.8) is 0 Å². The lowest BCUT2D eigenvalue weighted by molar-refractivity contribution is -0.127. The SMILES string of the molecule is CC(C)C[C@H](N)C(=O)C(NC(=O)[C@H](C)N)P(=O)(O)O. The summed E-state index contributed by atoms with van der Waals surface area (Å²) in [6.45, 7) is 4.98. The van der Waals surface area contributed by atoms with Crippen molar-refractivity contribution in [3.05, 3.63) is 0 Å². The smallest absolute Gasteiger partial charge is 0.335 e. The molecule has 0 saturated carbocycles. The summed E-state index contributed by atoms with van der Waals surface area (Å²) in [5, 5.41) is 1.95. The monoisotopic (exact) mass is 295 g/mol. The zero-order valence-corrected chi connectivity index (χ0v) is 12.1. The molecular formula is C10H22N3O5P. The molecule has 0 bridgehead atoms. The molecule has 0 aliphatic rings. The normalized spacial score (nSPS) is 16.8. The molecule has 0 aromatic heterocycles. The number of rotatable bonds is 7. The summed E-state index contributed by atoms with van der Waals surface area (Å²) in [6, 6.07) is -2.03. The van der Waals surface area contributed by atoms with Crippen molar-refractivity contribution in [1.82, 2.24) is 5.32 Å². The van der Waals surface area contributed by atoms with E-state index in [0.29, 0.717) is 0 Å². The number of ketones is 1. The maximum atomic E-state index is 11.9. The van der Waals surface area contributed by atoms with Crippen molar-refractivity contribution < 1.29 is 23.9 Å². The van der Waals surface area contributed by atoms with E-state index in [1.54, 1.807) is 0 Å². The first-order chi connectivity index (χ1) is 8.46. The Hall–Kier alpha value is -0.790. The molecule has 0 fully saturated rings. The molecular weight excluding hydrogens is 273 g/mol. The van der Waals surface area contributed by atoms with E-state index in [9.17, 15) is 14.2 Å². The molecule has 19 heavy (non-hydrogen) atoms. The summed E-state index contributed by atoms with van der Waals surface area (Å²) in [6.07, 6.45) is 0.267. The van der Waals surface area contributed by atoms with Gasteiger partial charge >= 0.3 is 7.60 Å². The highest BCUT2D eigenvalue weighted by atomic mass is 31.2. The van der Waals surface area contributed by atoms with Gasteiger partial charge in [0.15, 0.2) is 11.6 Å². The van der Waals surface area contributed by atoms with Crippen LogP contribution in [-0.4, -0.2) is 39.3 Å². The van der Waals surface area contributed by atoms with Gasteiger partial charge in [-0.05, 0) is 19.3 Å². The van der Waals surface area contributed by atoms with Crippen molar-refractivity contribution in [3.8, 4) is 0 Å². The van der Waals surface area contributed by atoms with Gasteiger partial charge in [0.05, 0.1) is 12.1 Å². The Morgan fingerprint density at radius 1 is 1.21 bits per heavy atom. The van der Waals surface area contributed by atoms with Crippen LogP contribution in [0.1, 0.15) is 27.2 Å². The van der Waals surface area contributed by atoms with Crippen LogP contribution in [0.5, 0.6) is 0 Å². The maximum Gasteiger partial charge on any atom is 0.355 e. The third-order valence-corrected chi connectivity index (χ3v) is 3.45. The molecule has 0 rings (SSSR count). The highest BCUT2D eigenvalue weighted by Gasteiger charge is 2.39. The Morgan fingerprint density at radius 3 is 2.00 bits per heavy atom. The van der Waals surface area contributed by atoms with Crippen molar-refractivity contribution >= 4 is 19.3 Å². The molecule has 1 amide bonds. The molecule has 1 unspecified atom stereocenters. The van der Waals surface area contributed by atoms with Gasteiger partial charge in [-0.3, -0.25) is 14.2 Å². The number of carbonyl (C=O) groups is 2. The lowest BCUT2D eigenvalue weighted by Gasteiger charge is -2.23. The van der Waals surface area contributed by atoms with Gasteiger partial charge in [-0.2, -0.15) is 0 Å². The average Bonchev–Trinajstić information content (AvgIpc) is 2.21. The molecule has 0 aliphatic heterocycles. The van der Waals surface area contributed by atoms with Crippen molar-refractivity contribution in [1.29, 1.82) is 0 Å². The second kappa shape index (κ2) is 7.12. The third-order valence-electron chi connectivity index (χ3n) is 2.39.